The summed E-state index contributed by atoms with van der Waals surface area (Å²) in [5, 5.41) is 15.8. The number of benzene rings is 2. The minimum Gasteiger partial charge on any atom is -0.490 e. The van der Waals surface area contributed by atoms with E-state index >= 15 is 0 Å². The van der Waals surface area contributed by atoms with E-state index in [1.807, 2.05) is 44.0 Å². The lowest BCUT2D eigenvalue weighted by Gasteiger charge is -2.36. The third-order valence-corrected chi connectivity index (χ3v) is 9.13. The molecule has 4 atom stereocenters. The molecule has 0 spiro atoms. The summed E-state index contributed by atoms with van der Waals surface area (Å²) in [6.45, 7) is 6.88. The van der Waals surface area contributed by atoms with Crippen LogP contribution < -0.4 is 15.4 Å². The van der Waals surface area contributed by atoms with Crippen LogP contribution in [-0.4, -0.2) is 84.4 Å². The minimum atomic E-state index is -0.492. The van der Waals surface area contributed by atoms with Crippen LogP contribution in [0.4, 0.5) is 16.2 Å². The van der Waals surface area contributed by atoms with Crippen molar-refractivity contribution in [1.29, 1.82) is 0 Å². The molecule has 4 rings (SSSR count). The number of anilines is 2. The number of para-hydroxylation sites is 1. The maximum Gasteiger partial charge on any atom is 0.323 e. The Hall–Kier alpha value is -3.63. The number of aliphatic hydroxyl groups is 1. The van der Waals surface area contributed by atoms with Gasteiger partial charge in [0.1, 0.15) is 5.75 Å². The van der Waals surface area contributed by atoms with E-state index in [0.29, 0.717) is 42.4 Å². The molecule has 1 fully saturated rings. The molecule has 2 aliphatic rings. The van der Waals surface area contributed by atoms with E-state index in [-0.39, 0.29) is 42.5 Å². The molecular formula is C36H52N4O6. The number of fused-ring (bicyclic) bond motifs is 1. The average molecular weight is 637 g/mol. The third kappa shape index (κ3) is 9.93. The van der Waals surface area contributed by atoms with Gasteiger partial charge in [-0.05, 0) is 76.3 Å². The van der Waals surface area contributed by atoms with Crippen LogP contribution in [-0.2, 0) is 9.53 Å². The zero-order valence-corrected chi connectivity index (χ0v) is 27.9. The molecule has 2 aromatic rings. The van der Waals surface area contributed by atoms with Crippen molar-refractivity contribution < 1.29 is 29.0 Å². The second-order valence-corrected chi connectivity index (χ2v) is 13.0. The Balaban J connectivity index is 1.58. The number of carbonyl (C=O) groups is 3. The summed E-state index contributed by atoms with van der Waals surface area (Å²) < 4.78 is 12.7. The van der Waals surface area contributed by atoms with Crippen molar-refractivity contribution >= 4 is 29.2 Å². The highest BCUT2D eigenvalue weighted by molar-refractivity contribution is 6.02. The number of hydrogen-bond acceptors (Lipinski definition) is 6. The van der Waals surface area contributed by atoms with Crippen molar-refractivity contribution in [2.75, 3.05) is 44.0 Å². The monoisotopic (exact) mass is 636 g/mol. The quantitative estimate of drug-likeness (QED) is 0.335. The molecule has 46 heavy (non-hydrogen) atoms. The van der Waals surface area contributed by atoms with Crippen molar-refractivity contribution in [3.63, 3.8) is 0 Å². The van der Waals surface area contributed by atoms with Crippen LogP contribution in [0, 0.1) is 11.8 Å². The molecule has 0 radical (unpaired) electrons. The smallest absolute Gasteiger partial charge is 0.323 e. The van der Waals surface area contributed by atoms with Crippen molar-refractivity contribution in [2.45, 2.75) is 90.4 Å². The Morgan fingerprint density at radius 1 is 0.978 bits per heavy atom. The topological polar surface area (TPSA) is 120 Å². The van der Waals surface area contributed by atoms with E-state index in [0.717, 1.165) is 44.9 Å². The number of urea groups is 1. The summed E-state index contributed by atoms with van der Waals surface area (Å²) in [4.78, 5) is 43.9. The number of likely N-dealkylation sites (N-methyl/N-ethyl adjacent to an activating group) is 1. The van der Waals surface area contributed by atoms with Gasteiger partial charge in [-0.3, -0.25) is 9.59 Å². The van der Waals surface area contributed by atoms with Gasteiger partial charge in [-0.15, -0.1) is 0 Å². The molecule has 0 bridgehead atoms. The van der Waals surface area contributed by atoms with Gasteiger partial charge in [-0.1, -0.05) is 44.4 Å². The molecule has 1 heterocycles. The second kappa shape index (κ2) is 17.3. The lowest BCUT2D eigenvalue weighted by atomic mass is 9.88. The van der Waals surface area contributed by atoms with Gasteiger partial charge in [-0.2, -0.15) is 0 Å². The van der Waals surface area contributed by atoms with E-state index in [4.69, 9.17) is 9.47 Å². The number of hydrogen-bond donors (Lipinski definition) is 3. The van der Waals surface area contributed by atoms with Crippen LogP contribution in [0.2, 0.25) is 0 Å². The maximum atomic E-state index is 14.3. The first kappa shape index (κ1) is 35.2. The highest BCUT2D eigenvalue weighted by atomic mass is 16.5. The lowest BCUT2D eigenvalue weighted by Crippen LogP contribution is -2.48. The molecule has 0 unspecified atom stereocenters. The van der Waals surface area contributed by atoms with E-state index < -0.39 is 12.1 Å². The van der Waals surface area contributed by atoms with E-state index in [9.17, 15) is 19.5 Å². The summed E-state index contributed by atoms with van der Waals surface area (Å²) in [6.07, 6.45) is 7.30. The molecule has 252 valence electrons. The van der Waals surface area contributed by atoms with Crippen molar-refractivity contribution in [1.82, 2.24) is 9.80 Å². The van der Waals surface area contributed by atoms with E-state index in [1.165, 1.54) is 6.42 Å². The number of amides is 4. The van der Waals surface area contributed by atoms with Crippen LogP contribution in [0.15, 0.2) is 48.5 Å². The summed E-state index contributed by atoms with van der Waals surface area (Å²) >= 11 is 0. The first-order valence-electron chi connectivity index (χ1n) is 16.9. The minimum absolute atomic E-state index is 0.0654. The molecule has 0 aromatic heterocycles. The van der Waals surface area contributed by atoms with Crippen LogP contribution in [0.5, 0.6) is 5.75 Å². The Bertz CT molecular complexity index is 1280. The molecule has 3 N–H and O–H groups in total. The van der Waals surface area contributed by atoms with E-state index in [2.05, 4.69) is 10.6 Å². The summed E-state index contributed by atoms with van der Waals surface area (Å²) in [7, 11) is 1.86. The molecule has 1 aliphatic heterocycles. The number of rotatable bonds is 7. The van der Waals surface area contributed by atoms with Gasteiger partial charge in [0, 0.05) is 50.0 Å². The van der Waals surface area contributed by atoms with Gasteiger partial charge >= 0.3 is 6.03 Å². The summed E-state index contributed by atoms with van der Waals surface area (Å²) in [5.74, 6) is 0.212. The summed E-state index contributed by atoms with van der Waals surface area (Å²) in [6, 6.07) is 13.3. The highest BCUT2D eigenvalue weighted by Crippen LogP contribution is 2.29. The SMILES string of the molecule is C[C@@H]1CCCCO[C@@H](CN(C)C(=O)C2CCCCC2)[C@H](C)CN([C@@H](C)CO)C(=O)c2cc(NC(=O)Nc3ccccc3)ccc2O1. The van der Waals surface area contributed by atoms with Gasteiger partial charge in [0.05, 0.1) is 30.4 Å². The zero-order valence-electron chi connectivity index (χ0n) is 27.9. The standard InChI is InChI=1S/C36H52N4O6/c1-25-22-40(26(2)24-41)35(43)31-21-30(38-36(44)37-29-16-9-6-10-17-29)18-19-32(31)46-27(3)13-11-12-20-45-33(25)23-39(4)34(42)28-14-7-5-8-15-28/h6,9-10,16-19,21,25-28,33,41H,5,7-8,11-15,20,22-24H2,1-4H3,(H2,37,38,44)/t25-,26+,27-,33+/m1/s1. The lowest BCUT2D eigenvalue weighted by molar-refractivity contribution is -0.137. The van der Waals surface area contributed by atoms with Crippen LogP contribution in [0.1, 0.15) is 82.5 Å². The maximum absolute atomic E-state index is 14.3. The molecule has 0 saturated heterocycles. The largest absolute Gasteiger partial charge is 0.490 e. The molecule has 10 heteroatoms. The van der Waals surface area contributed by atoms with E-state index in [1.54, 1.807) is 42.2 Å². The predicted molar refractivity (Wildman–Crippen MR) is 180 cm³/mol. The number of aliphatic hydroxyl groups excluding tert-OH is 1. The first-order valence-corrected chi connectivity index (χ1v) is 16.9. The normalized spacial score (nSPS) is 22.5. The molecule has 1 aliphatic carbocycles. The fraction of sp³-hybridized carbons (Fsp3) is 0.583. The van der Waals surface area contributed by atoms with Gasteiger partial charge in [-0.25, -0.2) is 4.79 Å². The van der Waals surface area contributed by atoms with Gasteiger partial charge < -0.3 is 35.0 Å². The number of carbonyl (C=O) groups excluding carboxylic acids is 3. The van der Waals surface area contributed by atoms with Crippen LogP contribution in [0.25, 0.3) is 0 Å². The number of ether oxygens (including phenoxy) is 2. The van der Waals surface area contributed by atoms with Gasteiger partial charge in [0.25, 0.3) is 5.91 Å². The first-order chi connectivity index (χ1) is 22.2. The number of nitrogens with one attached hydrogen (secondary N) is 2. The Kier molecular flexibility index (Phi) is 13.3. The van der Waals surface area contributed by atoms with Crippen LogP contribution >= 0.6 is 0 Å². The van der Waals surface area contributed by atoms with Gasteiger partial charge in [0.2, 0.25) is 5.91 Å². The fourth-order valence-corrected chi connectivity index (χ4v) is 6.30. The third-order valence-electron chi connectivity index (χ3n) is 9.13. The molecule has 2 aromatic carbocycles. The number of nitrogens with zero attached hydrogens (tertiary/aromatic N) is 2. The second-order valence-electron chi connectivity index (χ2n) is 13.0. The highest BCUT2D eigenvalue weighted by Gasteiger charge is 2.32. The zero-order chi connectivity index (χ0) is 33.1. The van der Waals surface area contributed by atoms with Crippen molar-refractivity contribution in [3.8, 4) is 5.75 Å². The predicted octanol–water partition coefficient (Wildman–Crippen LogP) is 6.16. The molecule has 10 nitrogen and oxygen atoms in total. The van der Waals surface area contributed by atoms with Crippen LogP contribution in [0.3, 0.4) is 0 Å². The fourth-order valence-electron chi connectivity index (χ4n) is 6.30. The molecule has 4 amide bonds. The molecule has 1 saturated carbocycles. The molecular weight excluding hydrogens is 584 g/mol. The Labute approximate surface area is 273 Å². The Morgan fingerprint density at radius 2 is 1.67 bits per heavy atom. The van der Waals surface area contributed by atoms with Gasteiger partial charge in [0.15, 0.2) is 0 Å². The average Bonchev–Trinajstić information content (AvgIpc) is 3.06. The van der Waals surface area contributed by atoms with Crippen molar-refractivity contribution in [3.05, 3.63) is 54.1 Å². The van der Waals surface area contributed by atoms with Crippen molar-refractivity contribution in [2.24, 2.45) is 11.8 Å². The Morgan fingerprint density at radius 3 is 2.39 bits per heavy atom. The summed E-state index contributed by atoms with van der Waals surface area (Å²) in [5.41, 5.74) is 1.38.